The number of hydrogen-bond donors (Lipinski definition) is 0. The molecule has 0 N–H and O–H groups in total. The summed E-state index contributed by atoms with van der Waals surface area (Å²) < 4.78 is 13.2. The van der Waals surface area contributed by atoms with Crippen LogP contribution in [0.1, 0.15) is 38.2 Å². The Morgan fingerprint density at radius 1 is 1.27 bits per heavy atom. The molecule has 120 valence electrons. The molecule has 5 heteroatoms. The highest BCUT2D eigenvalue weighted by atomic mass is 35.5. The molecule has 0 spiro atoms. The minimum Gasteiger partial charge on any atom is -0.338 e. The monoisotopic (exact) mass is 324 g/mol. The molecule has 0 aliphatic carbocycles. The Morgan fingerprint density at radius 3 is 2.73 bits per heavy atom. The van der Waals surface area contributed by atoms with Gasteiger partial charge in [-0.3, -0.25) is 9.69 Å². The predicted molar refractivity (Wildman–Crippen MR) is 85.3 cm³/mol. The van der Waals surface area contributed by atoms with E-state index in [0.717, 1.165) is 50.9 Å². The number of benzene rings is 1. The van der Waals surface area contributed by atoms with Crippen LogP contribution in [-0.4, -0.2) is 40.9 Å². The van der Waals surface area contributed by atoms with E-state index in [4.69, 9.17) is 11.6 Å². The number of hydrogen-bond acceptors (Lipinski definition) is 2. The Hall–Kier alpha value is -1.13. The van der Waals surface area contributed by atoms with Crippen molar-refractivity contribution in [1.29, 1.82) is 0 Å². The van der Waals surface area contributed by atoms with Gasteiger partial charge in [-0.15, -0.1) is 0 Å². The van der Waals surface area contributed by atoms with Crippen LogP contribution >= 0.6 is 11.6 Å². The molecule has 0 unspecified atom stereocenters. The number of halogens is 2. The summed E-state index contributed by atoms with van der Waals surface area (Å²) in [6, 6.07) is 5.32. The zero-order chi connectivity index (χ0) is 15.7. The fraction of sp³-hybridized carbons (Fsp3) is 0.588. The maximum atomic E-state index is 13.2. The zero-order valence-electron chi connectivity index (χ0n) is 12.9. The van der Waals surface area contributed by atoms with Crippen molar-refractivity contribution in [2.45, 2.75) is 51.2 Å². The van der Waals surface area contributed by atoms with E-state index in [2.05, 4.69) is 4.90 Å². The molecule has 2 heterocycles. The molecule has 2 fully saturated rings. The molecular formula is C17H22ClFN2O. The van der Waals surface area contributed by atoms with Gasteiger partial charge in [0, 0.05) is 37.1 Å². The SMILES string of the molecule is CC(=O)N1CCC[C@@H]1[C@H]1CCCN1Cc1ccc(F)cc1Cl. The summed E-state index contributed by atoms with van der Waals surface area (Å²) in [6.07, 6.45) is 4.43. The van der Waals surface area contributed by atoms with E-state index in [0.29, 0.717) is 17.1 Å². The lowest BCUT2D eigenvalue weighted by atomic mass is 10.0. The lowest BCUT2D eigenvalue weighted by Crippen LogP contribution is -2.47. The molecule has 22 heavy (non-hydrogen) atoms. The molecule has 2 atom stereocenters. The fourth-order valence-corrected chi connectivity index (χ4v) is 4.16. The Labute approximate surface area is 136 Å². The van der Waals surface area contributed by atoms with Gasteiger partial charge in [0.15, 0.2) is 0 Å². The minimum atomic E-state index is -0.301. The first-order valence-corrected chi connectivity index (χ1v) is 8.39. The Kier molecular flexibility index (Phi) is 4.69. The molecule has 0 radical (unpaired) electrons. The number of carbonyl (C=O) groups excluding carboxylic acids is 1. The fourth-order valence-electron chi connectivity index (χ4n) is 3.94. The van der Waals surface area contributed by atoms with Crippen molar-refractivity contribution >= 4 is 17.5 Å². The summed E-state index contributed by atoms with van der Waals surface area (Å²) in [4.78, 5) is 16.2. The van der Waals surface area contributed by atoms with E-state index in [1.54, 1.807) is 13.0 Å². The number of carbonyl (C=O) groups is 1. The third kappa shape index (κ3) is 3.13. The second kappa shape index (κ2) is 6.55. The van der Waals surface area contributed by atoms with E-state index >= 15 is 0 Å². The topological polar surface area (TPSA) is 23.6 Å². The molecule has 0 aromatic heterocycles. The number of amides is 1. The number of likely N-dealkylation sites (tertiary alicyclic amines) is 2. The Morgan fingerprint density at radius 2 is 2.00 bits per heavy atom. The summed E-state index contributed by atoms with van der Waals surface area (Å²) in [6.45, 7) is 4.28. The van der Waals surface area contributed by atoms with Crippen molar-refractivity contribution in [2.75, 3.05) is 13.1 Å². The summed E-state index contributed by atoms with van der Waals surface area (Å²) in [5.41, 5.74) is 0.960. The summed E-state index contributed by atoms with van der Waals surface area (Å²) in [5.74, 6) is -0.126. The van der Waals surface area contributed by atoms with E-state index in [1.165, 1.54) is 12.1 Å². The van der Waals surface area contributed by atoms with Crippen LogP contribution in [0.15, 0.2) is 18.2 Å². The largest absolute Gasteiger partial charge is 0.338 e. The number of nitrogens with zero attached hydrogens (tertiary/aromatic N) is 2. The van der Waals surface area contributed by atoms with Crippen LogP contribution in [0, 0.1) is 5.82 Å². The van der Waals surface area contributed by atoms with Gasteiger partial charge in [-0.1, -0.05) is 17.7 Å². The number of rotatable bonds is 3. The molecule has 2 saturated heterocycles. The van der Waals surface area contributed by atoms with Crippen LogP contribution < -0.4 is 0 Å². The Balaban J connectivity index is 1.74. The third-order valence-electron chi connectivity index (χ3n) is 4.95. The molecule has 1 amide bonds. The predicted octanol–water partition coefficient (Wildman–Crippen LogP) is 3.45. The van der Waals surface area contributed by atoms with Gasteiger partial charge in [0.25, 0.3) is 0 Å². The molecule has 3 nitrogen and oxygen atoms in total. The highest BCUT2D eigenvalue weighted by Gasteiger charge is 2.38. The lowest BCUT2D eigenvalue weighted by Gasteiger charge is -2.34. The van der Waals surface area contributed by atoms with E-state index in [9.17, 15) is 9.18 Å². The minimum absolute atomic E-state index is 0.175. The average molecular weight is 325 g/mol. The van der Waals surface area contributed by atoms with E-state index in [-0.39, 0.29) is 11.7 Å². The third-order valence-corrected chi connectivity index (χ3v) is 5.30. The normalized spacial score (nSPS) is 25.9. The van der Waals surface area contributed by atoms with Crippen molar-refractivity contribution in [3.05, 3.63) is 34.6 Å². The highest BCUT2D eigenvalue weighted by molar-refractivity contribution is 6.31. The van der Waals surface area contributed by atoms with E-state index in [1.807, 2.05) is 4.90 Å². The van der Waals surface area contributed by atoms with Gasteiger partial charge in [-0.2, -0.15) is 0 Å². The molecule has 1 aromatic rings. The first kappa shape index (κ1) is 15.8. The maximum absolute atomic E-state index is 13.2. The van der Waals surface area contributed by atoms with Gasteiger partial charge in [-0.05, 0) is 49.9 Å². The maximum Gasteiger partial charge on any atom is 0.219 e. The highest BCUT2D eigenvalue weighted by Crippen LogP contribution is 2.32. The Bertz CT molecular complexity index is 566. The van der Waals surface area contributed by atoms with Gasteiger partial charge in [0.2, 0.25) is 5.91 Å². The quantitative estimate of drug-likeness (QED) is 0.850. The molecular weight excluding hydrogens is 303 g/mol. The molecule has 2 aliphatic heterocycles. The first-order chi connectivity index (χ1) is 10.6. The standard InChI is InChI=1S/C17H22ClFN2O/c1-12(22)21-9-3-5-17(21)16-4-2-8-20(16)11-13-6-7-14(19)10-15(13)18/h6-7,10,16-17H,2-5,8-9,11H2,1H3/t16-,17-/m1/s1. The lowest BCUT2D eigenvalue weighted by molar-refractivity contribution is -0.130. The average Bonchev–Trinajstić information content (AvgIpc) is 3.10. The van der Waals surface area contributed by atoms with Crippen LogP contribution in [0.25, 0.3) is 0 Å². The molecule has 1 aromatic carbocycles. The van der Waals surface area contributed by atoms with Crippen molar-refractivity contribution < 1.29 is 9.18 Å². The van der Waals surface area contributed by atoms with Crippen LogP contribution in [0.4, 0.5) is 4.39 Å². The van der Waals surface area contributed by atoms with Gasteiger partial charge in [0.05, 0.1) is 0 Å². The smallest absolute Gasteiger partial charge is 0.219 e. The second-order valence-corrected chi connectivity index (χ2v) is 6.74. The zero-order valence-corrected chi connectivity index (χ0v) is 13.7. The van der Waals surface area contributed by atoms with Crippen molar-refractivity contribution in [2.24, 2.45) is 0 Å². The van der Waals surface area contributed by atoms with Gasteiger partial charge in [-0.25, -0.2) is 4.39 Å². The van der Waals surface area contributed by atoms with E-state index < -0.39 is 0 Å². The first-order valence-electron chi connectivity index (χ1n) is 8.01. The van der Waals surface area contributed by atoms with Gasteiger partial charge >= 0.3 is 0 Å². The molecule has 3 rings (SSSR count). The van der Waals surface area contributed by atoms with Gasteiger partial charge in [0.1, 0.15) is 5.82 Å². The van der Waals surface area contributed by atoms with Gasteiger partial charge < -0.3 is 4.90 Å². The molecule has 0 bridgehead atoms. The van der Waals surface area contributed by atoms with Crippen molar-refractivity contribution in [1.82, 2.24) is 9.80 Å². The van der Waals surface area contributed by atoms with Crippen LogP contribution in [0.2, 0.25) is 5.02 Å². The van der Waals surface area contributed by atoms with Crippen molar-refractivity contribution in [3.63, 3.8) is 0 Å². The van der Waals surface area contributed by atoms with Crippen LogP contribution in [0.5, 0.6) is 0 Å². The van der Waals surface area contributed by atoms with Crippen LogP contribution in [-0.2, 0) is 11.3 Å². The van der Waals surface area contributed by atoms with Crippen LogP contribution in [0.3, 0.4) is 0 Å². The van der Waals surface area contributed by atoms with Crippen molar-refractivity contribution in [3.8, 4) is 0 Å². The summed E-state index contributed by atoms with van der Waals surface area (Å²) in [5, 5.41) is 0.487. The summed E-state index contributed by atoms with van der Waals surface area (Å²) >= 11 is 6.16. The molecule has 0 saturated carbocycles. The summed E-state index contributed by atoms with van der Waals surface area (Å²) in [7, 11) is 0. The molecule has 2 aliphatic rings. The second-order valence-electron chi connectivity index (χ2n) is 6.34.